The summed E-state index contributed by atoms with van der Waals surface area (Å²) in [4.78, 5) is 79.5. The third-order valence-electron chi connectivity index (χ3n) is 17.1. The molecular formula is C73H72N22O3. The average Bonchev–Trinajstić information content (AvgIpc) is 1.62. The van der Waals surface area contributed by atoms with Crippen molar-refractivity contribution in [3.63, 3.8) is 0 Å². The van der Waals surface area contributed by atoms with Gasteiger partial charge in [0.25, 0.3) is 0 Å². The average molecular weight is 1310 g/mol. The molecule has 5 aromatic carbocycles. The first-order valence-electron chi connectivity index (χ1n) is 31.7. The van der Waals surface area contributed by atoms with Gasteiger partial charge >= 0.3 is 0 Å². The van der Waals surface area contributed by atoms with Crippen molar-refractivity contribution in [2.24, 2.45) is 0 Å². The molecule has 0 spiro atoms. The van der Waals surface area contributed by atoms with Crippen molar-refractivity contribution in [3.8, 4) is 33.8 Å². The number of nitrogen functional groups attached to an aromatic ring is 3. The third kappa shape index (κ3) is 13.1. The van der Waals surface area contributed by atoms with E-state index < -0.39 is 0 Å². The Morgan fingerprint density at radius 3 is 1.16 bits per heavy atom. The Balaban J connectivity index is 0.000000132. The van der Waals surface area contributed by atoms with Gasteiger partial charge in [0.2, 0.25) is 35.6 Å². The summed E-state index contributed by atoms with van der Waals surface area (Å²) in [5.41, 5.74) is 33.3. The Hall–Kier alpha value is -13.1. The SMILES string of the molecule is C=CC(=O)N1CCN(c2nc(-c3ccc(Nc4ccccc4)c(C)c3)c3c(N)nccn23)C1.C=CC(=O)N1CCN(c2nc(-c3ccc(Nc4ccccc4)cc3)c3c(N)nccn23)C1.C=CC(=O)N1CCN(c2nc(-c3ccc(Nc4ccccn4)c(C)c3)c3c(N)nccn23)C1. The molecule has 3 saturated heterocycles. The second-order valence-corrected chi connectivity index (χ2v) is 23.5. The molecule has 0 aliphatic carbocycles. The van der Waals surface area contributed by atoms with Crippen LogP contribution in [0, 0.1) is 13.8 Å². The van der Waals surface area contributed by atoms with Crippen LogP contribution in [0.1, 0.15) is 11.1 Å². The van der Waals surface area contributed by atoms with Gasteiger partial charge in [-0.2, -0.15) is 0 Å². The second kappa shape index (κ2) is 27.9. The van der Waals surface area contributed by atoms with Gasteiger partial charge in [-0.05, 0) is 116 Å². The van der Waals surface area contributed by atoms with Gasteiger partial charge in [0.15, 0.2) is 0 Å². The van der Waals surface area contributed by atoms with Crippen LogP contribution in [0.15, 0.2) is 221 Å². The van der Waals surface area contributed by atoms with Crippen LogP contribution in [-0.4, -0.2) is 140 Å². The molecule has 0 saturated carbocycles. The quantitative estimate of drug-likeness (QED) is 0.0520. The van der Waals surface area contributed by atoms with E-state index in [1.165, 1.54) is 18.2 Å². The van der Waals surface area contributed by atoms with E-state index in [1.807, 2.05) is 160 Å². The zero-order chi connectivity index (χ0) is 68.0. The van der Waals surface area contributed by atoms with E-state index in [4.69, 9.17) is 32.2 Å². The van der Waals surface area contributed by atoms with E-state index >= 15 is 0 Å². The minimum atomic E-state index is -0.0913. The molecule has 15 rings (SSSR count). The number of carbonyl (C=O) groups is 3. The highest BCUT2D eigenvalue weighted by molar-refractivity contribution is 5.92. The molecule has 3 aliphatic rings. The van der Waals surface area contributed by atoms with Crippen LogP contribution < -0.4 is 47.9 Å². The van der Waals surface area contributed by atoms with Crippen molar-refractivity contribution < 1.29 is 14.4 Å². The maximum absolute atomic E-state index is 12.1. The summed E-state index contributed by atoms with van der Waals surface area (Å²) in [6.07, 6.45) is 16.3. The summed E-state index contributed by atoms with van der Waals surface area (Å²) in [6.45, 7) is 20.1. The van der Waals surface area contributed by atoms with Gasteiger partial charge in [-0.25, -0.2) is 34.9 Å². The van der Waals surface area contributed by atoms with Crippen molar-refractivity contribution in [1.29, 1.82) is 0 Å². The lowest BCUT2D eigenvalue weighted by atomic mass is 10.1. The first-order chi connectivity index (χ1) is 47.7. The number of amides is 3. The molecule has 492 valence electrons. The fraction of sp³-hybridized carbons (Fsp3) is 0.151. The van der Waals surface area contributed by atoms with Gasteiger partial charge in [0.05, 0.1) is 20.0 Å². The van der Waals surface area contributed by atoms with Crippen molar-refractivity contribution in [2.45, 2.75) is 13.8 Å². The van der Waals surface area contributed by atoms with Gasteiger partial charge < -0.3 is 62.6 Å². The minimum Gasteiger partial charge on any atom is -0.382 e. The summed E-state index contributed by atoms with van der Waals surface area (Å²) in [5, 5.41) is 10.2. The van der Waals surface area contributed by atoms with Crippen LogP contribution >= 0.6 is 0 Å². The highest BCUT2D eigenvalue weighted by Crippen LogP contribution is 2.38. The molecule has 25 nitrogen and oxygen atoms in total. The number of para-hydroxylation sites is 2. The van der Waals surface area contributed by atoms with E-state index in [1.54, 1.807) is 39.5 Å². The molecular weight excluding hydrogens is 1230 g/mol. The predicted molar refractivity (Wildman–Crippen MR) is 387 cm³/mol. The molecule has 0 unspecified atom stereocenters. The Labute approximate surface area is 565 Å². The van der Waals surface area contributed by atoms with Crippen molar-refractivity contribution >= 4 is 104 Å². The molecule has 3 aliphatic heterocycles. The van der Waals surface area contributed by atoms with Crippen LogP contribution in [0.5, 0.6) is 0 Å². The molecule has 98 heavy (non-hydrogen) atoms. The number of nitrogens with zero attached hydrogens (tertiary/aromatic N) is 16. The van der Waals surface area contributed by atoms with Gasteiger partial charge in [-0.1, -0.05) is 86.5 Å². The van der Waals surface area contributed by atoms with Crippen molar-refractivity contribution in [3.05, 3.63) is 232 Å². The smallest absolute Gasteiger partial charge is 0.247 e. The van der Waals surface area contributed by atoms with Crippen LogP contribution in [0.4, 0.5) is 69.6 Å². The van der Waals surface area contributed by atoms with E-state index in [0.717, 1.165) is 114 Å². The highest BCUT2D eigenvalue weighted by Gasteiger charge is 2.31. The number of hydrogen-bond donors (Lipinski definition) is 6. The molecule has 7 aromatic heterocycles. The number of anilines is 12. The first kappa shape index (κ1) is 63.7. The monoisotopic (exact) mass is 1300 g/mol. The number of benzene rings is 5. The van der Waals surface area contributed by atoms with Crippen LogP contribution in [0.25, 0.3) is 50.3 Å². The lowest BCUT2D eigenvalue weighted by Crippen LogP contribution is -2.30. The topological polar surface area (TPSA) is 288 Å². The third-order valence-corrected chi connectivity index (χ3v) is 17.1. The molecule has 0 bridgehead atoms. The Morgan fingerprint density at radius 2 is 0.776 bits per heavy atom. The molecule has 3 fully saturated rings. The summed E-state index contributed by atoms with van der Waals surface area (Å²) in [5.74, 6) is 3.93. The largest absolute Gasteiger partial charge is 0.382 e. The highest BCUT2D eigenvalue weighted by atomic mass is 16.2. The number of pyridine rings is 1. The van der Waals surface area contributed by atoms with Crippen LogP contribution in [-0.2, 0) is 14.4 Å². The number of carbonyl (C=O) groups excluding carboxylic acids is 3. The molecule has 10 heterocycles. The van der Waals surface area contributed by atoms with Crippen molar-refractivity contribution in [1.82, 2.24) is 62.8 Å². The number of aryl methyl sites for hydroxylation is 2. The molecule has 12 aromatic rings. The van der Waals surface area contributed by atoms with Gasteiger partial charge in [0, 0.05) is 128 Å². The number of fused-ring (bicyclic) bond motifs is 3. The molecule has 0 radical (unpaired) electrons. The lowest BCUT2D eigenvalue weighted by Gasteiger charge is -2.17. The van der Waals surface area contributed by atoms with Gasteiger partial charge in [0.1, 0.15) is 56.9 Å². The predicted octanol–water partition coefficient (Wildman–Crippen LogP) is 10.6. The lowest BCUT2D eigenvalue weighted by molar-refractivity contribution is -0.125. The molecule has 3 amide bonds. The number of hydrogen-bond acceptors (Lipinski definition) is 19. The van der Waals surface area contributed by atoms with Gasteiger partial charge in [-0.3, -0.25) is 27.6 Å². The summed E-state index contributed by atoms with van der Waals surface area (Å²) >= 11 is 0. The minimum absolute atomic E-state index is 0.0862. The second-order valence-electron chi connectivity index (χ2n) is 23.5. The summed E-state index contributed by atoms with van der Waals surface area (Å²) in [7, 11) is 0. The standard InChI is InChI=1S/C25H25N7O.C24H24N8O.C24H23N7O/c1-3-21(33)30-13-14-31(16-30)25-29-22(23-24(26)27-11-12-32(23)25)18-9-10-20(17(2)15-18)28-19-7-5-4-6-8-19;1-3-20(33)30-12-13-31(15-30)24-29-21(22-23(25)27-10-11-32(22)24)17-7-8-18(16(2)14-17)28-19-6-4-5-9-26-19;1-2-20(32)29-14-15-30(16-29)24-28-21(22-23(25)26-12-13-31(22)24)17-8-10-19(11-9-17)27-18-6-4-3-5-7-18/h3-12,15,28H,1,13-14,16H2,2H3,(H2,26,27);3-11,14H,1,12-13,15H2,2H3,(H2,25,27)(H,26,28);2-13,27H,1,14-16H2,(H2,25,26). The van der Waals surface area contributed by atoms with Crippen molar-refractivity contribution in [2.75, 3.05) is 107 Å². The molecule has 9 N–H and O–H groups in total. The number of nitrogens with one attached hydrogen (secondary N) is 3. The maximum atomic E-state index is 12.1. The number of aromatic nitrogens is 10. The van der Waals surface area contributed by atoms with E-state index in [2.05, 4.69) is 95.4 Å². The van der Waals surface area contributed by atoms with E-state index in [9.17, 15) is 14.4 Å². The van der Waals surface area contributed by atoms with Crippen LogP contribution in [0.2, 0.25) is 0 Å². The Kier molecular flexibility index (Phi) is 18.1. The fourth-order valence-corrected chi connectivity index (χ4v) is 12.2. The zero-order valence-electron chi connectivity index (χ0n) is 54.2. The summed E-state index contributed by atoms with van der Waals surface area (Å²) in [6, 6.07) is 46.2. The normalized spacial score (nSPS) is 13.5. The summed E-state index contributed by atoms with van der Waals surface area (Å²) < 4.78 is 5.83. The van der Waals surface area contributed by atoms with Gasteiger partial charge in [-0.15, -0.1) is 0 Å². The number of nitrogens with two attached hydrogens (primary N) is 3. The fourth-order valence-electron chi connectivity index (χ4n) is 12.2. The number of imidazole rings is 3. The Bertz CT molecular complexity index is 4750. The zero-order valence-corrected chi connectivity index (χ0v) is 54.2. The molecule has 0 atom stereocenters. The number of rotatable bonds is 15. The Morgan fingerprint density at radius 1 is 0.408 bits per heavy atom. The van der Waals surface area contributed by atoms with E-state index in [0.29, 0.717) is 76.7 Å². The molecule has 25 heteroatoms. The van der Waals surface area contributed by atoms with E-state index in [-0.39, 0.29) is 17.7 Å². The maximum Gasteiger partial charge on any atom is 0.247 e. The van der Waals surface area contributed by atoms with Crippen LogP contribution in [0.3, 0.4) is 0 Å². The first-order valence-corrected chi connectivity index (χ1v) is 31.7.